The third-order valence-corrected chi connectivity index (χ3v) is 7.84. The molecule has 6 heteroatoms. The van der Waals surface area contributed by atoms with Gasteiger partial charge in [-0.2, -0.15) is 0 Å². The summed E-state index contributed by atoms with van der Waals surface area (Å²) in [5.41, 5.74) is 1.24. The average molecular weight is 429 g/mol. The normalized spacial score (nSPS) is 21.3. The van der Waals surface area contributed by atoms with Crippen molar-refractivity contribution in [1.29, 1.82) is 0 Å². The zero-order valence-electron chi connectivity index (χ0n) is 18.4. The van der Waals surface area contributed by atoms with Gasteiger partial charge in [-0.3, -0.25) is 9.59 Å². The number of carbonyl (C=O) groups excluding carboxylic acids is 2. The van der Waals surface area contributed by atoms with E-state index in [0.717, 1.165) is 46.5 Å². The van der Waals surface area contributed by atoms with Gasteiger partial charge in [-0.15, -0.1) is 11.3 Å². The largest absolute Gasteiger partial charge is 0.370 e. The molecule has 5 nitrogen and oxygen atoms in total. The van der Waals surface area contributed by atoms with Crippen LogP contribution in [0, 0.1) is 11.3 Å². The van der Waals surface area contributed by atoms with Crippen LogP contribution in [0.25, 0.3) is 10.1 Å². The van der Waals surface area contributed by atoms with Gasteiger partial charge in [0.25, 0.3) is 5.91 Å². The first kappa shape index (κ1) is 21.3. The number of benzene rings is 1. The quantitative estimate of drug-likeness (QED) is 0.695. The zero-order valence-corrected chi connectivity index (χ0v) is 19.3. The number of nitrogens with zero attached hydrogens (tertiary/aromatic N) is 2. The summed E-state index contributed by atoms with van der Waals surface area (Å²) in [5.74, 6) is 0.816. The number of carbonyl (C=O) groups is 2. The van der Waals surface area contributed by atoms with E-state index < -0.39 is 0 Å². The van der Waals surface area contributed by atoms with Crippen molar-refractivity contribution in [2.75, 3.05) is 32.8 Å². The summed E-state index contributed by atoms with van der Waals surface area (Å²) in [6.45, 7) is 11.7. The molecular weight excluding hydrogens is 396 g/mol. The van der Waals surface area contributed by atoms with Crippen LogP contribution >= 0.6 is 11.3 Å². The first-order valence-electron chi connectivity index (χ1n) is 10.9. The van der Waals surface area contributed by atoms with E-state index in [4.69, 9.17) is 4.74 Å². The van der Waals surface area contributed by atoms with Gasteiger partial charge >= 0.3 is 0 Å². The van der Waals surface area contributed by atoms with E-state index in [1.165, 1.54) is 0 Å². The van der Waals surface area contributed by atoms with Crippen molar-refractivity contribution < 1.29 is 14.3 Å². The molecular formula is C24H32N2O3S. The number of ether oxygens (including phenoxy) is 1. The van der Waals surface area contributed by atoms with Crippen LogP contribution in [0.4, 0.5) is 0 Å². The molecule has 2 fully saturated rings. The molecule has 2 aliphatic heterocycles. The number of rotatable bonds is 2. The van der Waals surface area contributed by atoms with Gasteiger partial charge in [-0.05, 0) is 35.6 Å². The van der Waals surface area contributed by atoms with Crippen molar-refractivity contribution >= 4 is 33.2 Å². The van der Waals surface area contributed by atoms with Gasteiger partial charge in [-0.25, -0.2) is 0 Å². The highest BCUT2D eigenvalue weighted by Crippen LogP contribution is 2.40. The van der Waals surface area contributed by atoms with E-state index in [1.807, 2.05) is 21.9 Å². The molecule has 3 heterocycles. The topological polar surface area (TPSA) is 49.9 Å². The molecule has 4 rings (SSSR count). The van der Waals surface area contributed by atoms with E-state index in [0.29, 0.717) is 25.6 Å². The van der Waals surface area contributed by atoms with Gasteiger partial charge in [0, 0.05) is 36.8 Å². The van der Waals surface area contributed by atoms with Gasteiger partial charge in [-0.1, -0.05) is 39.0 Å². The Hall–Kier alpha value is -1.92. The number of hydrogen-bond acceptors (Lipinski definition) is 4. The molecule has 0 aliphatic carbocycles. The van der Waals surface area contributed by atoms with E-state index in [2.05, 4.69) is 32.9 Å². The minimum absolute atomic E-state index is 0.0555. The third kappa shape index (κ3) is 4.12. The van der Waals surface area contributed by atoms with Crippen molar-refractivity contribution in [2.24, 2.45) is 11.3 Å². The first-order chi connectivity index (χ1) is 14.3. The number of morpholine rings is 1. The minimum Gasteiger partial charge on any atom is -0.370 e. The Morgan fingerprint density at radius 2 is 1.77 bits per heavy atom. The number of piperidine rings is 1. The molecule has 1 atom stereocenters. The summed E-state index contributed by atoms with van der Waals surface area (Å²) in [5, 5.41) is 1.07. The highest BCUT2D eigenvalue weighted by Gasteiger charge is 2.35. The number of fused-ring (bicyclic) bond motifs is 1. The maximum absolute atomic E-state index is 13.6. The number of amides is 2. The molecule has 0 N–H and O–H groups in total. The molecule has 2 saturated heterocycles. The van der Waals surface area contributed by atoms with Crippen LogP contribution in [0.3, 0.4) is 0 Å². The summed E-state index contributed by atoms with van der Waals surface area (Å²) in [7, 11) is 0. The fourth-order valence-corrected chi connectivity index (χ4v) is 5.97. The van der Waals surface area contributed by atoms with Crippen LogP contribution in [0.5, 0.6) is 0 Å². The fourth-order valence-electron chi connectivity index (χ4n) is 4.75. The maximum Gasteiger partial charge on any atom is 0.264 e. The first-order valence-corrected chi connectivity index (χ1v) is 11.7. The SMILES string of the molecule is CC(=O)N1CCO[C@@H](c2c(C(=O)N3CCC(C(C)(C)C)CC3)sc3ccccc23)C1. The van der Waals surface area contributed by atoms with Crippen LogP contribution < -0.4 is 0 Å². The number of thiophene rings is 1. The van der Waals surface area contributed by atoms with Crippen molar-refractivity contribution in [3.63, 3.8) is 0 Å². The lowest BCUT2D eigenvalue weighted by Crippen LogP contribution is -2.43. The van der Waals surface area contributed by atoms with Gasteiger partial charge in [0.15, 0.2) is 0 Å². The van der Waals surface area contributed by atoms with Gasteiger partial charge in [0.2, 0.25) is 5.91 Å². The highest BCUT2D eigenvalue weighted by atomic mass is 32.1. The molecule has 162 valence electrons. The van der Waals surface area contributed by atoms with E-state index in [1.54, 1.807) is 18.3 Å². The summed E-state index contributed by atoms with van der Waals surface area (Å²) < 4.78 is 7.19. The second kappa shape index (κ2) is 8.31. The Labute approximate surface area is 183 Å². The number of likely N-dealkylation sites (tertiary alicyclic amines) is 1. The predicted molar refractivity (Wildman–Crippen MR) is 121 cm³/mol. The zero-order chi connectivity index (χ0) is 21.5. The number of hydrogen-bond donors (Lipinski definition) is 0. The standard InChI is InChI=1S/C24H32N2O3S/c1-16(27)26-13-14-29-19(15-26)21-18-7-5-6-8-20(18)30-22(21)23(28)25-11-9-17(10-12-25)24(2,3)4/h5-8,17,19H,9-15H2,1-4H3/t19-/m1/s1. The van der Waals surface area contributed by atoms with Gasteiger partial charge < -0.3 is 14.5 Å². The molecule has 1 aromatic heterocycles. The second-order valence-corrected chi connectivity index (χ2v) is 10.7. The van der Waals surface area contributed by atoms with Crippen molar-refractivity contribution in [3.8, 4) is 0 Å². The van der Waals surface area contributed by atoms with Gasteiger partial charge in [0.05, 0.1) is 18.0 Å². The smallest absolute Gasteiger partial charge is 0.264 e. The molecule has 0 bridgehead atoms. The molecule has 0 saturated carbocycles. The Morgan fingerprint density at radius 3 is 2.43 bits per heavy atom. The predicted octanol–water partition coefficient (Wildman–Crippen LogP) is 4.72. The molecule has 30 heavy (non-hydrogen) atoms. The molecule has 0 radical (unpaired) electrons. The van der Waals surface area contributed by atoms with E-state index >= 15 is 0 Å². The van der Waals surface area contributed by atoms with Crippen molar-refractivity contribution in [1.82, 2.24) is 9.80 Å². The van der Waals surface area contributed by atoms with Crippen LogP contribution in [0.15, 0.2) is 24.3 Å². The van der Waals surface area contributed by atoms with Crippen molar-refractivity contribution in [3.05, 3.63) is 34.7 Å². The lowest BCUT2D eigenvalue weighted by molar-refractivity contribution is -0.136. The lowest BCUT2D eigenvalue weighted by atomic mass is 9.75. The summed E-state index contributed by atoms with van der Waals surface area (Å²) >= 11 is 1.56. The van der Waals surface area contributed by atoms with E-state index in [9.17, 15) is 9.59 Å². The molecule has 1 aromatic carbocycles. The molecule has 2 amide bonds. The highest BCUT2D eigenvalue weighted by molar-refractivity contribution is 7.21. The van der Waals surface area contributed by atoms with E-state index in [-0.39, 0.29) is 23.3 Å². The summed E-state index contributed by atoms with van der Waals surface area (Å²) in [6.07, 6.45) is 1.84. The molecule has 2 aliphatic rings. The Bertz CT molecular complexity index is 938. The van der Waals surface area contributed by atoms with Crippen LogP contribution in [-0.2, 0) is 9.53 Å². The van der Waals surface area contributed by atoms with Crippen LogP contribution in [0.1, 0.15) is 61.9 Å². The maximum atomic E-state index is 13.6. The lowest BCUT2D eigenvalue weighted by Gasteiger charge is -2.39. The average Bonchev–Trinajstić information content (AvgIpc) is 3.12. The summed E-state index contributed by atoms with van der Waals surface area (Å²) in [6, 6.07) is 8.15. The minimum atomic E-state index is -0.259. The molecule has 2 aromatic rings. The fraction of sp³-hybridized carbons (Fsp3) is 0.583. The van der Waals surface area contributed by atoms with Crippen molar-refractivity contribution in [2.45, 2.75) is 46.6 Å². The second-order valence-electron chi connectivity index (χ2n) is 9.60. The Balaban J connectivity index is 1.64. The summed E-state index contributed by atoms with van der Waals surface area (Å²) in [4.78, 5) is 30.2. The Kier molecular flexibility index (Phi) is 5.90. The van der Waals surface area contributed by atoms with Crippen LogP contribution in [-0.4, -0.2) is 54.4 Å². The van der Waals surface area contributed by atoms with Crippen LogP contribution in [0.2, 0.25) is 0 Å². The third-order valence-electron chi connectivity index (χ3n) is 6.67. The molecule has 0 spiro atoms. The molecule has 0 unspecified atom stereocenters. The monoisotopic (exact) mass is 428 g/mol. The Morgan fingerprint density at radius 1 is 1.07 bits per heavy atom. The van der Waals surface area contributed by atoms with Gasteiger partial charge in [0.1, 0.15) is 6.10 Å².